The van der Waals surface area contributed by atoms with E-state index in [1.807, 2.05) is 38.4 Å². The van der Waals surface area contributed by atoms with Gasteiger partial charge in [0, 0.05) is 19.5 Å². The Morgan fingerprint density at radius 3 is 2.92 bits per heavy atom. The van der Waals surface area contributed by atoms with Crippen molar-refractivity contribution in [3.8, 4) is 5.75 Å². The maximum Gasteiger partial charge on any atom is 0.321 e. The minimum absolute atomic E-state index is 0.293. The third kappa shape index (κ3) is 7.06. The lowest BCUT2D eigenvalue weighted by Crippen LogP contribution is -2.28. The van der Waals surface area contributed by atoms with E-state index >= 15 is 0 Å². The monoisotopic (exact) mass is 363 g/mol. The Morgan fingerprint density at radius 1 is 1.32 bits per heavy atom. The molecule has 0 fully saturated rings. The van der Waals surface area contributed by atoms with E-state index in [0.29, 0.717) is 18.3 Å². The lowest BCUT2D eigenvalue weighted by atomic mass is 10.2. The molecule has 1 aromatic carbocycles. The molecule has 0 saturated heterocycles. The molecule has 0 atom stereocenters. The maximum atomic E-state index is 12.0. The summed E-state index contributed by atoms with van der Waals surface area (Å²) in [5.74, 6) is 0.801. The second kappa shape index (κ2) is 9.95. The standard InChI is InChI=1S/C17H25N5O2S/c1-4-6-15-20-21-17(25-15)19-16(23)18-12-13-7-5-8-14(11-13)24-10-9-22(2)3/h5,7-8,11H,4,6,9-10,12H2,1-3H3,(H2,18,19,21,23). The molecular formula is C17H25N5O2S. The predicted molar refractivity (Wildman–Crippen MR) is 100 cm³/mol. The van der Waals surface area contributed by atoms with Crippen molar-refractivity contribution in [2.75, 3.05) is 32.6 Å². The van der Waals surface area contributed by atoms with E-state index in [2.05, 4.69) is 32.7 Å². The molecule has 0 aliphatic heterocycles. The first kappa shape index (κ1) is 19.1. The third-order valence-electron chi connectivity index (χ3n) is 3.31. The Hall–Kier alpha value is -2.19. The lowest BCUT2D eigenvalue weighted by molar-refractivity contribution is 0.251. The molecule has 25 heavy (non-hydrogen) atoms. The van der Waals surface area contributed by atoms with Crippen molar-refractivity contribution in [1.29, 1.82) is 0 Å². The summed E-state index contributed by atoms with van der Waals surface area (Å²) in [7, 11) is 4.01. The zero-order chi connectivity index (χ0) is 18.1. The molecule has 1 aromatic heterocycles. The second-order valence-electron chi connectivity index (χ2n) is 5.86. The van der Waals surface area contributed by atoms with E-state index in [-0.39, 0.29) is 6.03 Å². The summed E-state index contributed by atoms with van der Waals surface area (Å²) in [4.78, 5) is 14.0. The number of anilines is 1. The van der Waals surface area contributed by atoms with Gasteiger partial charge in [0.15, 0.2) is 0 Å². The largest absolute Gasteiger partial charge is 0.492 e. The summed E-state index contributed by atoms with van der Waals surface area (Å²) in [6.07, 6.45) is 1.88. The van der Waals surface area contributed by atoms with Crippen LogP contribution in [-0.4, -0.2) is 48.4 Å². The lowest BCUT2D eigenvalue weighted by Gasteiger charge is -2.12. The van der Waals surface area contributed by atoms with E-state index < -0.39 is 0 Å². The number of ether oxygens (including phenoxy) is 1. The van der Waals surface area contributed by atoms with E-state index in [1.54, 1.807) is 0 Å². The molecule has 1 heterocycles. The van der Waals surface area contributed by atoms with E-state index in [0.717, 1.165) is 35.7 Å². The molecule has 8 heteroatoms. The summed E-state index contributed by atoms with van der Waals surface area (Å²) in [5.41, 5.74) is 0.974. The summed E-state index contributed by atoms with van der Waals surface area (Å²) in [6.45, 7) is 3.98. The normalized spacial score (nSPS) is 10.7. The van der Waals surface area contributed by atoms with Gasteiger partial charge in [-0.2, -0.15) is 0 Å². The van der Waals surface area contributed by atoms with Crippen LogP contribution in [0.5, 0.6) is 5.75 Å². The molecule has 0 aliphatic carbocycles. The van der Waals surface area contributed by atoms with Gasteiger partial charge in [-0.15, -0.1) is 10.2 Å². The van der Waals surface area contributed by atoms with Crippen molar-refractivity contribution in [3.05, 3.63) is 34.8 Å². The Bertz CT molecular complexity index is 675. The summed E-state index contributed by atoms with van der Waals surface area (Å²) >= 11 is 1.40. The average molecular weight is 363 g/mol. The van der Waals surface area contributed by atoms with Gasteiger partial charge >= 0.3 is 6.03 Å². The first-order valence-electron chi connectivity index (χ1n) is 8.30. The fourth-order valence-electron chi connectivity index (χ4n) is 2.03. The third-order valence-corrected chi connectivity index (χ3v) is 4.21. The molecule has 0 bridgehead atoms. The van der Waals surface area contributed by atoms with Crippen molar-refractivity contribution in [1.82, 2.24) is 20.4 Å². The number of amides is 2. The van der Waals surface area contributed by atoms with Crippen molar-refractivity contribution in [3.63, 3.8) is 0 Å². The predicted octanol–water partition coefficient (Wildman–Crippen LogP) is 2.75. The van der Waals surface area contributed by atoms with Crippen molar-refractivity contribution in [2.24, 2.45) is 0 Å². The fraction of sp³-hybridized carbons (Fsp3) is 0.471. The minimum atomic E-state index is -0.293. The number of hydrogen-bond donors (Lipinski definition) is 2. The topological polar surface area (TPSA) is 79.4 Å². The number of nitrogens with one attached hydrogen (secondary N) is 2. The SMILES string of the molecule is CCCc1nnc(NC(=O)NCc2cccc(OCCN(C)C)c2)s1. The molecule has 0 radical (unpaired) electrons. The number of rotatable bonds is 9. The smallest absolute Gasteiger partial charge is 0.321 e. The molecule has 2 rings (SSSR count). The highest BCUT2D eigenvalue weighted by Gasteiger charge is 2.07. The molecule has 0 aliphatic rings. The van der Waals surface area contributed by atoms with Gasteiger partial charge in [-0.05, 0) is 38.2 Å². The van der Waals surface area contributed by atoms with Crippen LogP contribution in [0.2, 0.25) is 0 Å². The Kier molecular flexibility index (Phi) is 7.62. The van der Waals surface area contributed by atoms with Crippen LogP contribution >= 0.6 is 11.3 Å². The van der Waals surface area contributed by atoms with Crippen LogP contribution in [0.1, 0.15) is 23.9 Å². The van der Waals surface area contributed by atoms with Gasteiger partial charge in [0.25, 0.3) is 0 Å². The molecule has 0 saturated carbocycles. The molecular weight excluding hydrogens is 338 g/mol. The summed E-state index contributed by atoms with van der Waals surface area (Å²) in [5, 5.41) is 15.0. The van der Waals surface area contributed by atoms with Gasteiger partial charge in [-0.25, -0.2) is 4.79 Å². The Balaban J connectivity index is 1.78. The number of nitrogens with zero attached hydrogens (tertiary/aromatic N) is 3. The number of benzene rings is 1. The van der Waals surface area contributed by atoms with Gasteiger partial charge in [0.2, 0.25) is 5.13 Å². The fourth-order valence-corrected chi connectivity index (χ4v) is 2.87. The maximum absolute atomic E-state index is 12.0. The van der Waals surface area contributed by atoms with E-state index in [9.17, 15) is 4.79 Å². The number of carbonyl (C=O) groups excluding carboxylic acids is 1. The highest BCUT2D eigenvalue weighted by molar-refractivity contribution is 7.15. The van der Waals surface area contributed by atoms with Crippen LogP contribution in [0.25, 0.3) is 0 Å². The van der Waals surface area contributed by atoms with Gasteiger partial charge in [-0.3, -0.25) is 5.32 Å². The summed E-state index contributed by atoms with van der Waals surface area (Å²) < 4.78 is 5.70. The second-order valence-corrected chi connectivity index (χ2v) is 6.92. The molecule has 2 amide bonds. The highest BCUT2D eigenvalue weighted by Crippen LogP contribution is 2.16. The number of likely N-dealkylation sites (N-methyl/N-ethyl adjacent to an activating group) is 1. The van der Waals surface area contributed by atoms with Crippen LogP contribution in [0, 0.1) is 0 Å². The summed E-state index contributed by atoms with van der Waals surface area (Å²) in [6, 6.07) is 7.42. The Morgan fingerprint density at radius 2 is 2.16 bits per heavy atom. The number of hydrogen-bond acceptors (Lipinski definition) is 6. The Labute approximate surface area is 152 Å². The number of aryl methyl sites for hydroxylation is 1. The number of aromatic nitrogens is 2. The molecule has 0 spiro atoms. The van der Waals surface area contributed by atoms with Gasteiger partial charge in [0.05, 0.1) is 0 Å². The number of urea groups is 1. The average Bonchev–Trinajstić information content (AvgIpc) is 3.00. The molecule has 0 unspecified atom stereocenters. The molecule has 7 nitrogen and oxygen atoms in total. The highest BCUT2D eigenvalue weighted by atomic mass is 32.1. The van der Waals surface area contributed by atoms with Crippen LogP contribution in [0.4, 0.5) is 9.93 Å². The first-order valence-corrected chi connectivity index (χ1v) is 9.12. The van der Waals surface area contributed by atoms with Crippen LogP contribution in [-0.2, 0) is 13.0 Å². The van der Waals surface area contributed by atoms with Crippen LogP contribution < -0.4 is 15.4 Å². The van der Waals surface area contributed by atoms with Gasteiger partial charge in [-0.1, -0.05) is 30.4 Å². The van der Waals surface area contributed by atoms with E-state index in [1.165, 1.54) is 11.3 Å². The van der Waals surface area contributed by atoms with Crippen LogP contribution in [0.15, 0.2) is 24.3 Å². The van der Waals surface area contributed by atoms with Crippen molar-refractivity contribution >= 4 is 22.5 Å². The van der Waals surface area contributed by atoms with Crippen molar-refractivity contribution < 1.29 is 9.53 Å². The van der Waals surface area contributed by atoms with E-state index in [4.69, 9.17) is 4.74 Å². The van der Waals surface area contributed by atoms with Gasteiger partial charge in [0.1, 0.15) is 17.4 Å². The molecule has 2 N–H and O–H groups in total. The van der Waals surface area contributed by atoms with Crippen LogP contribution in [0.3, 0.4) is 0 Å². The first-order chi connectivity index (χ1) is 12.1. The number of carbonyl (C=O) groups is 1. The molecule has 136 valence electrons. The van der Waals surface area contributed by atoms with Crippen molar-refractivity contribution in [2.45, 2.75) is 26.3 Å². The minimum Gasteiger partial charge on any atom is -0.492 e. The van der Waals surface area contributed by atoms with Gasteiger partial charge < -0.3 is 15.0 Å². The molecule has 2 aromatic rings. The quantitative estimate of drug-likeness (QED) is 0.716. The zero-order valence-electron chi connectivity index (χ0n) is 14.9. The zero-order valence-corrected chi connectivity index (χ0v) is 15.7.